The fourth-order valence-electron chi connectivity index (χ4n) is 2.91. The Morgan fingerprint density at radius 1 is 1.23 bits per heavy atom. The van der Waals surface area contributed by atoms with Gasteiger partial charge in [0.1, 0.15) is 0 Å². The molecule has 2 bridgehead atoms. The van der Waals surface area contributed by atoms with E-state index >= 15 is 0 Å². The second-order valence-corrected chi connectivity index (χ2v) is 10.9. The van der Waals surface area contributed by atoms with E-state index in [1.54, 1.807) is 16.3 Å². The molecule has 0 nitrogen and oxygen atoms in total. The summed E-state index contributed by atoms with van der Waals surface area (Å²) in [6, 6.07) is 0. The molecule has 3 rings (SSSR count). The SMILES string of the molecule is CC1[C]=C2C([Si](C)(C)C)=C1C2(C)C. The lowest BCUT2D eigenvalue weighted by molar-refractivity contribution is 0.494. The van der Waals surface area contributed by atoms with Crippen molar-refractivity contribution in [1.82, 2.24) is 0 Å². The highest BCUT2D eigenvalue weighted by atomic mass is 28.3. The molecule has 0 aliphatic heterocycles. The summed E-state index contributed by atoms with van der Waals surface area (Å²) in [6.45, 7) is 14.3. The molecule has 0 aromatic rings. The highest BCUT2D eigenvalue weighted by molar-refractivity contribution is 6.84. The van der Waals surface area contributed by atoms with Gasteiger partial charge >= 0.3 is 0 Å². The van der Waals surface area contributed by atoms with Gasteiger partial charge in [0.2, 0.25) is 0 Å². The maximum absolute atomic E-state index is 3.61. The van der Waals surface area contributed by atoms with Crippen molar-refractivity contribution < 1.29 is 0 Å². The molecule has 0 aromatic carbocycles. The molecule has 1 atom stereocenters. The minimum atomic E-state index is -1.09. The molecule has 0 amide bonds. The van der Waals surface area contributed by atoms with Crippen molar-refractivity contribution in [3.05, 3.63) is 22.4 Å². The quantitative estimate of drug-likeness (QED) is 0.556. The average Bonchev–Trinajstić information content (AvgIpc) is 2.36. The first kappa shape index (κ1) is 9.26. The van der Waals surface area contributed by atoms with Crippen molar-refractivity contribution in [1.29, 1.82) is 0 Å². The van der Waals surface area contributed by atoms with Crippen LogP contribution in [0.4, 0.5) is 0 Å². The van der Waals surface area contributed by atoms with Crippen LogP contribution < -0.4 is 0 Å². The molecular weight excluding hydrogens is 172 g/mol. The van der Waals surface area contributed by atoms with Gasteiger partial charge in [0, 0.05) is 11.3 Å². The van der Waals surface area contributed by atoms with Crippen LogP contribution in [0.2, 0.25) is 19.6 Å². The standard InChI is InChI=1S/C12H19Si/c1-8-7-9-11(13(4,5)6)10(8)12(9,2)3/h8H,1-6H3. The van der Waals surface area contributed by atoms with E-state index in [1.165, 1.54) is 0 Å². The Bertz CT molecular complexity index is 324. The van der Waals surface area contributed by atoms with Crippen molar-refractivity contribution in [3.63, 3.8) is 0 Å². The van der Waals surface area contributed by atoms with Gasteiger partial charge in [0.15, 0.2) is 0 Å². The lowest BCUT2D eigenvalue weighted by Crippen LogP contribution is -2.39. The van der Waals surface area contributed by atoms with Gasteiger partial charge < -0.3 is 0 Å². The lowest BCUT2D eigenvalue weighted by atomic mass is 9.70. The van der Waals surface area contributed by atoms with Crippen LogP contribution in [0.3, 0.4) is 0 Å². The largest absolute Gasteiger partial charge is 0.0780 e. The van der Waals surface area contributed by atoms with E-state index in [0.29, 0.717) is 11.3 Å². The van der Waals surface area contributed by atoms with Crippen LogP contribution in [0.25, 0.3) is 0 Å². The summed E-state index contributed by atoms with van der Waals surface area (Å²) in [5.74, 6) is 0.603. The summed E-state index contributed by atoms with van der Waals surface area (Å²) in [4.78, 5) is 0. The molecule has 13 heavy (non-hydrogen) atoms. The maximum atomic E-state index is 3.61. The van der Waals surface area contributed by atoms with E-state index in [-0.39, 0.29) is 0 Å². The summed E-state index contributed by atoms with van der Waals surface area (Å²) in [5.41, 5.74) is 3.62. The second kappa shape index (κ2) is 2.19. The monoisotopic (exact) mass is 191 g/mol. The van der Waals surface area contributed by atoms with Crippen LogP contribution in [-0.2, 0) is 0 Å². The van der Waals surface area contributed by atoms with Crippen LogP contribution in [0, 0.1) is 17.4 Å². The fourth-order valence-corrected chi connectivity index (χ4v) is 5.38. The van der Waals surface area contributed by atoms with Gasteiger partial charge in [-0.1, -0.05) is 51.2 Å². The van der Waals surface area contributed by atoms with Crippen molar-refractivity contribution >= 4 is 8.07 Å². The van der Waals surface area contributed by atoms with Gasteiger partial charge in [-0.05, 0) is 11.6 Å². The molecule has 0 saturated carbocycles. The molecule has 1 unspecified atom stereocenters. The molecule has 0 fully saturated rings. The molecule has 0 spiro atoms. The summed E-state index contributed by atoms with van der Waals surface area (Å²) in [6.07, 6.45) is 3.61. The van der Waals surface area contributed by atoms with Crippen molar-refractivity contribution in [3.8, 4) is 0 Å². The molecular formula is C12H19Si. The Hall–Kier alpha value is -0.303. The van der Waals surface area contributed by atoms with Gasteiger partial charge in [-0.15, -0.1) is 0 Å². The molecule has 0 saturated heterocycles. The molecule has 3 aliphatic carbocycles. The summed E-state index contributed by atoms with van der Waals surface area (Å²) in [5, 5.41) is 1.73. The smallest absolute Gasteiger partial charge is 0.0656 e. The van der Waals surface area contributed by atoms with E-state index in [9.17, 15) is 0 Å². The van der Waals surface area contributed by atoms with E-state index in [1.807, 2.05) is 0 Å². The van der Waals surface area contributed by atoms with Crippen molar-refractivity contribution in [2.75, 3.05) is 0 Å². The maximum Gasteiger partial charge on any atom is 0.0780 e. The number of hydrogen-bond donors (Lipinski definition) is 0. The zero-order chi connectivity index (χ0) is 10.0. The molecule has 0 aromatic heterocycles. The van der Waals surface area contributed by atoms with Crippen LogP contribution in [0.1, 0.15) is 20.8 Å². The number of allylic oxidation sites excluding steroid dienone is 4. The second-order valence-electron chi connectivity index (χ2n) is 5.90. The molecule has 1 radical (unpaired) electrons. The first-order valence-electron chi connectivity index (χ1n) is 5.15. The summed E-state index contributed by atoms with van der Waals surface area (Å²) in [7, 11) is -1.09. The average molecular weight is 191 g/mol. The molecule has 0 N–H and O–H groups in total. The lowest BCUT2D eigenvalue weighted by Gasteiger charge is -2.44. The van der Waals surface area contributed by atoms with Gasteiger partial charge in [0.25, 0.3) is 0 Å². The Morgan fingerprint density at radius 3 is 1.92 bits per heavy atom. The third-order valence-electron chi connectivity index (χ3n) is 3.36. The van der Waals surface area contributed by atoms with Crippen LogP contribution in [0.15, 0.2) is 16.3 Å². The predicted molar refractivity (Wildman–Crippen MR) is 60.1 cm³/mol. The van der Waals surface area contributed by atoms with Crippen LogP contribution in [-0.4, -0.2) is 8.07 Å². The number of fused-ring (bicyclic) bond motifs is 1. The van der Waals surface area contributed by atoms with E-state index in [0.717, 1.165) is 0 Å². The third-order valence-corrected chi connectivity index (χ3v) is 5.38. The molecule has 0 heterocycles. The Labute approximate surface area is 82.7 Å². The Balaban J connectivity index is 2.52. The molecule has 1 heteroatoms. The van der Waals surface area contributed by atoms with Crippen molar-refractivity contribution in [2.45, 2.75) is 40.4 Å². The third kappa shape index (κ3) is 0.969. The highest BCUT2D eigenvalue weighted by Gasteiger charge is 2.52. The minimum absolute atomic E-state index is 0.370. The highest BCUT2D eigenvalue weighted by Crippen LogP contribution is 2.61. The number of hydrogen-bond acceptors (Lipinski definition) is 0. The van der Waals surface area contributed by atoms with E-state index in [2.05, 4.69) is 46.5 Å². The summed E-state index contributed by atoms with van der Waals surface area (Å²) < 4.78 is 0. The van der Waals surface area contributed by atoms with Gasteiger partial charge in [-0.25, -0.2) is 0 Å². The van der Waals surface area contributed by atoms with Crippen molar-refractivity contribution in [2.24, 2.45) is 11.3 Å². The topological polar surface area (TPSA) is 0 Å². The minimum Gasteiger partial charge on any atom is -0.0656 e. The van der Waals surface area contributed by atoms with Gasteiger partial charge in [-0.2, -0.15) is 0 Å². The van der Waals surface area contributed by atoms with Gasteiger partial charge in [-0.3, -0.25) is 0 Å². The zero-order valence-electron chi connectivity index (χ0n) is 9.58. The Kier molecular flexibility index (Phi) is 1.56. The normalized spacial score (nSPS) is 30.3. The molecule has 71 valence electrons. The molecule has 3 aliphatic rings. The fraction of sp³-hybridized carbons (Fsp3) is 0.667. The van der Waals surface area contributed by atoms with E-state index in [4.69, 9.17) is 0 Å². The summed E-state index contributed by atoms with van der Waals surface area (Å²) >= 11 is 0. The van der Waals surface area contributed by atoms with Crippen LogP contribution in [0.5, 0.6) is 0 Å². The predicted octanol–water partition coefficient (Wildman–Crippen LogP) is 3.58. The first-order chi connectivity index (χ1) is 5.76. The number of rotatable bonds is 1. The van der Waals surface area contributed by atoms with Gasteiger partial charge in [0.05, 0.1) is 8.07 Å². The first-order valence-corrected chi connectivity index (χ1v) is 8.65. The Morgan fingerprint density at radius 2 is 1.77 bits per heavy atom. The zero-order valence-corrected chi connectivity index (χ0v) is 10.6. The van der Waals surface area contributed by atoms with E-state index < -0.39 is 8.07 Å². The van der Waals surface area contributed by atoms with Crippen LogP contribution >= 0.6 is 0 Å².